The first-order chi connectivity index (χ1) is 13.4. The Hall–Kier alpha value is -2.18. The van der Waals surface area contributed by atoms with Gasteiger partial charge in [0, 0.05) is 22.0 Å². The standard InChI is InChI=1S/C21H22ClN3O2S/c1-13-4-3-5-14(2)25(13)19(26)11-24-12-23-17-10-18(28-20(17)21(24)27)15-6-8-16(22)9-7-15/h6-10,12-14H,3-5,11H2,1-2H3/t13-,14-/m1/s1. The molecule has 0 saturated carbocycles. The molecule has 1 aliphatic rings. The van der Waals surface area contributed by atoms with Gasteiger partial charge in [0.15, 0.2) is 0 Å². The van der Waals surface area contributed by atoms with E-state index >= 15 is 0 Å². The molecule has 1 saturated heterocycles. The van der Waals surface area contributed by atoms with E-state index in [1.165, 1.54) is 22.2 Å². The number of carbonyl (C=O) groups excluding carboxylic acids is 1. The number of thiophene rings is 1. The third-order valence-electron chi connectivity index (χ3n) is 5.42. The van der Waals surface area contributed by atoms with Crippen LogP contribution in [0.4, 0.5) is 0 Å². The van der Waals surface area contributed by atoms with Crippen LogP contribution < -0.4 is 5.56 Å². The van der Waals surface area contributed by atoms with Crippen molar-refractivity contribution in [2.45, 2.75) is 51.7 Å². The van der Waals surface area contributed by atoms with Gasteiger partial charge in [-0.25, -0.2) is 4.98 Å². The zero-order valence-corrected chi connectivity index (χ0v) is 17.5. The van der Waals surface area contributed by atoms with Crippen LogP contribution in [0.5, 0.6) is 0 Å². The van der Waals surface area contributed by atoms with Crippen LogP contribution in [0, 0.1) is 0 Å². The quantitative estimate of drug-likeness (QED) is 0.629. The van der Waals surface area contributed by atoms with Crippen molar-refractivity contribution in [3.63, 3.8) is 0 Å². The summed E-state index contributed by atoms with van der Waals surface area (Å²) in [5, 5.41) is 0.671. The van der Waals surface area contributed by atoms with E-state index < -0.39 is 0 Å². The highest BCUT2D eigenvalue weighted by atomic mass is 35.5. The largest absolute Gasteiger partial charge is 0.336 e. The molecular formula is C21H22ClN3O2S. The molecule has 1 aliphatic heterocycles. The van der Waals surface area contributed by atoms with Crippen molar-refractivity contribution in [3.05, 3.63) is 52.0 Å². The number of benzene rings is 1. The molecule has 4 rings (SSSR count). The molecule has 1 amide bonds. The lowest BCUT2D eigenvalue weighted by Crippen LogP contribution is -2.49. The van der Waals surface area contributed by atoms with E-state index in [2.05, 4.69) is 18.8 Å². The number of piperidine rings is 1. The molecule has 2 aromatic heterocycles. The van der Waals surface area contributed by atoms with Gasteiger partial charge in [-0.15, -0.1) is 11.3 Å². The van der Waals surface area contributed by atoms with E-state index in [1.54, 1.807) is 0 Å². The van der Waals surface area contributed by atoms with Crippen molar-refractivity contribution in [2.75, 3.05) is 0 Å². The summed E-state index contributed by atoms with van der Waals surface area (Å²) in [5.74, 6) is -0.0163. The van der Waals surface area contributed by atoms with Crippen molar-refractivity contribution in [1.82, 2.24) is 14.5 Å². The number of hydrogen-bond acceptors (Lipinski definition) is 4. The molecule has 2 atom stereocenters. The highest BCUT2D eigenvalue weighted by molar-refractivity contribution is 7.22. The van der Waals surface area contributed by atoms with Gasteiger partial charge in [-0.3, -0.25) is 14.2 Å². The number of likely N-dealkylation sites (tertiary alicyclic amines) is 1. The molecule has 28 heavy (non-hydrogen) atoms. The monoisotopic (exact) mass is 415 g/mol. The van der Waals surface area contributed by atoms with E-state index in [-0.39, 0.29) is 30.1 Å². The lowest BCUT2D eigenvalue weighted by atomic mass is 9.97. The molecule has 0 bridgehead atoms. The fourth-order valence-electron chi connectivity index (χ4n) is 3.95. The van der Waals surface area contributed by atoms with Crippen LogP contribution >= 0.6 is 22.9 Å². The van der Waals surface area contributed by atoms with Crippen LogP contribution in [0.3, 0.4) is 0 Å². The van der Waals surface area contributed by atoms with Crippen LogP contribution in [0.25, 0.3) is 20.7 Å². The van der Waals surface area contributed by atoms with Crippen molar-refractivity contribution >= 4 is 39.1 Å². The Morgan fingerprint density at radius 2 is 1.89 bits per heavy atom. The highest BCUT2D eigenvalue weighted by Gasteiger charge is 2.29. The lowest BCUT2D eigenvalue weighted by molar-refractivity contribution is -0.138. The maximum absolute atomic E-state index is 13.0. The minimum Gasteiger partial charge on any atom is -0.336 e. The van der Waals surface area contributed by atoms with E-state index in [0.717, 1.165) is 29.7 Å². The second kappa shape index (κ2) is 7.68. The summed E-state index contributed by atoms with van der Waals surface area (Å²) in [7, 11) is 0. The van der Waals surface area contributed by atoms with Gasteiger partial charge in [0.1, 0.15) is 11.2 Å². The van der Waals surface area contributed by atoms with Gasteiger partial charge < -0.3 is 4.90 Å². The highest BCUT2D eigenvalue weighted by Crippen LogP contribution is 2.31. The van der Waals surface area contributed by atoms with Gasteiger partial charge in [-0.1, -0.05) is 23.7 Å². The number of amides is 1. The van der Waals surface area contributed by atoms with Gasteiger partial charge in [-0.05, 0) is 56.9 Å². The van der Waals surface area contributed by atoms with Gasteiger partial charge >= 0.3 is 0 Å². The van der Waals surface area contributed by atoms with Crippen molar-refractivity contribution < 1.29 is 4.79 Å². The maximum Gasteiger partial charge on any atom is 0.271 e. The minimum atomic E-state index is -0.166. The topological polar surface area (TPSA) is 55.2 Å². The number of nitrogens with zero attached hydrogens (tertiary/aromatic N) is 3. The van der Waals surface area contributed by atoms with Crippen LogP contribution in [0.1, 0.15) is 33.1 Å². The molecule has 5 nitrogen and oxygen atoms in total. The minimum absolute atomic E-state index is 0.0163. The summed E-state index contributed by atoms with van der Waals surface area (Å²) in [5.41, 5.74) is 1.48. The van der Waals surface area contributed by atoms with E-state index in [4.69, 9.17) is 11.6 Å². The third kappa shape index (κ3) is 3.59. The van der Waals surface area contributed by atoms with E-state index in [1.807, 2.05) is 35.2 Å². The Kier molecular flexibility index (Phi) is 5.25. The van der Waals surface area contributed by atoms with Gasteiger partial charge in [0.05, 0.1) is 11.8 Å². The van der Waals surface area contributed by atoms with Crippen LogP contribution in [-0.2, 0) is 11.3 Å². The summed E-state index contributed by atoms with van der Waals surface area (Å²) in [6, 6.07) is 9.83. The molecule has 0 radical (unpaired) electrons. The molecule has 0 N–H and O–H groups in total. The second-order valence-corrected chi connectivity index (χ2v) is 8.93. The molecule has 1 aromatic carbocycles. The number of hydrogen-bond donors (Lipinski definition) is 0. The van der Waals surface area contributed by atoms with Crippen LogP contribution in [0.2, 0.25) is 5.02 Å². The van der Waals surface area contributed by atoms with Crippen molar-refractivity contribution in [3.8, 4) is 10.4 Å². The summed E-state index contributed by atoms with van der Waals surface area (Å²) < 4.78 is 2.00. The number of rotatable bonds is 3. The number of fused-ring (bicyclic) bond motifs is 1. The first kappa shape index (κ1) is 19.2. The normalized spacial score (nSPS) is 19.9. The molecule has 3 aromatic rings. The number of carbonyl (C=O) groups is 1. The number of halogens is 1. The van der Waals surface area contributed by atoms with Gasteiger partial charge in [0.25, 0.3) is 5.56 Å². The third-order valence-corrected chi connectivity index (χ3v) is 6.83. The van der Waals surface area contributed by atoms with Gasteiger partial charge in [0.2, 0.25) is 5.91 Å². The Bertz CT molecular complexity index is 1060. The van der Waals surface area contributed by atoms with E-state index in [9.17, 15) is 9.59 Å². The van der Waals surface area contributed by atoms with Crippen LogP contribution in [-0.4, -0.2) is 32.4 Å². The first-order valence-electron chi connectivity index (χ1n) is 9.50. The average Bonchev–Trinajstić information content (AvgIpc) is 3.10. The first-order valence-corrected chi connectivity index (χ1v) is 10.7. The number of aromatic nitrogens is 2. The Balaban J connectivity index is 1.63. The second-order valence-electron chi connectivity index (χ2n) is 7.44. The lowest BCUT2D eigenvalue weighted by Gasteiger charge is -2.39. The summed E-state index contributed by atoms with van der Waals surface area (Å²) >= 11 is 7.36. The Labute approximate surface area is 172 Å². The molecule has 7 heteroatoms. The molecule has 1 fully saturated rings. The SMILES string of the molecule is C[C@@H]1CCC[C@@H](C)N1C(=O)Cn1cnc2cc(-c3ccc(Cl)cc3)sc2c1=O. The predicted octanol–water partition coefficient (Wildman–Crippen LogP) is 4.57. The zero-order valence-electron chi connectivity index (χ0n) is 15.9. The summed E-state index contributed by atoms with van der Waals surface area (Å²) in [6.07, 6.45) is 4.65. The molecule has 0 spiro atoms. The molecule has 3 heterocycles. The van der Waals surface area contributed by atoms with Crippen molar-refractivity contribution in [1.29, 1.82) is 0 Å². The molecule has 146 valence electrons. The fraction of sp³-hybridized carbons (Fsp3) is 0.381. The zero-order chi connectivity index (χ0) is 19.8. The summed E-state index contributed by atoms with van der Waals surface area (Å²) in [4.78, 5) is 33.1. The van der Waals surface area contributed by atoms with Crippen LogP contribution in [0.15, 0.2) is 41.5 Å². The smallest absolute Gasteiger partial charge is 0.271 e. The van der Waals surface area contributed by atoms with E-state index in [0.29, 0.717) is 15.2 Å². The van der Waals surface area contributed by atoms with Gasteiger partial charge in [-0.2, -0.15) is 0 Å². The molecular weight excluding hydrogens is 394 g/mol. The Morgan fingerprint density at radius 3 is 2.57 bits per heavy atom. The summed E-state index contributed by atoms with van der Waals surface area (Å²) in [6.45, 7) is 4.19. The predicted molar refractivity (Wildman–Crippen MR) is 114 cm³/mol. The maximum atomic E-state index is 13.0. The molecule has 0 unspecified atom stereocenters. The molecule has 0 aliphatic carbocycles. The average molecular weight is 416 g/mol. The fourth-order valence-corrected chi connectivity index (χ4v) is 5.15. The Morgan fingerprint density at radius 1 is 1.21 bits per heavy atom. The van der Waals surface area contributed by atoms with Crippen molar-refractivity contribution in [2.24, 2.45) is 0 Å².